The van der Waals surface area contributed by atoms with Gasteiger partial charge in [-0.25, -0.2) is 8.96 Å². The van der Waals surface area contributed by atoms with Crippen LogP contribution in [0.4, 0.5) is 4.39 Å². The Morgan fingerprint density at radius 2 is 2.31 bits per heavy atom. The molecule has 3 aliphatic rings. The fourth-order valence-electron chi connectivity index (χ4n) is 3.22. The second-order valence-corrected chi connectivity index (χ2v) is 8.49. The number of nitrogens with zero attached hydrogens (tertiary/aromatic N) is 1. The van der Waals surface area contributed by atoms with Gasteiger partial charge in [-0.1, -0.05) is 6.58 Å². The third kappa shape index (κ3) is 3.11. The van der Waals surface area contributed by atoms with E-state index in [9.17, 15) is 18.9 Å². The number of amides is 1. The van der Waals surface area contributed by atoms with Crippen molar-refractivity contribution in [3.05, 3.63) is 24.7 Å². The second kappa shape index (κ2) is 6.40. The van der Waals surface area contributed by atoms with Gasteiger partial charge >= 0.3 is 7.82 Å². The zero-order chi connectivity index (χ0) is 19.3. The van der Waals surface area contributed by atoms with Crippen molar-refractivity contribution >= 4 is 13.7 Å². The maximum Gasteiger partial charge on any atom is 0.475 e. The van der Waals surface area contributed by atoms with Crippen LogP contribution in [-0.4, -0.2) is 58.8 Å². The van der Waals surface area contributed by atoms with E-state index in [2.05, 4.69) is 11.9 Å². The van der Waals surface area contributed by atoms with E-state index in [1.165, 1.54) is 24.1 Å². The molecule has 0 aromatic carbocycles. The van der Waals surface area contributed by atoms with E-state index in [4.69, 9.17) is 18.3 Å². The normalized spacial score (nSPS) is 42.9. The first kappa shape index (κ1) is 19.5. The van der Waals surface area contributed by atoms with Crippen LogP contribution in [0.25, 0.3) is 0 Å². The summed E-state index contributed by atoms with van der Waals surface area (Å²) in [5.41, 5.74) is -3.50. The fraction of sp³-hybridized carbons (Fsp3) is 0.667. The predicted octanol–water partition coefficient (Wildman–Crippen LogP) is 1.17. The van der Waals surface area contributed by atoms with E-state index in [1.807, 2.05) is 0 Å². The van der Waals surface area contributed by atoms with Crippen LogP contribution in [0.3, 0.4) is 0 Å². The molecule has 9 nitrogen and oxygen atoms in total. The summed E-state index contributed by atoms with van der Waals surface area (Å²) in [6, 6.07) is 0. The van der Waals surface area contributed by atoms with E-state index >= 15 is 0 Å². The summed E-state index contributed by atoms with van der Waals surface area (Å²) in [5.74, 6) is -0.256. The highest BCUT2D eigenvalue weighted by Crippen LogP contribution is 2.61. The minimum atomic E-state index is -4.00. The Bertz CT molecular complexity index is 697. The summed E-state index contributed by atoms with van der Waals surface area (Å²) in [7, 11) is -4.00. The van der Waals surface area contributed by atoms with Crippen LogP contribution in [0.1, 0.15) is 20.8 Å². The Balaban J connectivity index is 1.94. The molecule has 0 aromatic rings. The Morgan fingerprint density at radius 3 is 2.88 bits per heavy atom. The number of aliphatic hydroxyl groups is 1. The minimum Gasteiger partial charge on any atom is -0.383 e. The van der Waals surface area contributed by atoms with Gasteiger partial charge in [-0.15, -0.1) is 0 Å². The summed E-state index contributed by atoms with van der Waals surface area (Å²) >= 11 is 0. The van der Waals surface area contributed by atoms with Crippen LogP contribution in [0.2, 0.25) is 0 Å². The first-order chi connectivity index (χ1) is 12.0. The van der Waals surface area contributed by atoms with Gasteiger partial charge in [0.25, 0.3) is 5.91 Å². The fourth-order valence-corrected chi connectivity index (χ4v) is 4.95. The maximum atomic E-state index is 13.9. The average Bonchev–Trinajstić information content (AvgIpc) is 2.75. The highest BCUT2D eigenvalue weighted by molar-refractivity contribution is 7.48. The number of rotatable bonds is 4. The lowest BCUT2D eigenvalue weighted by atomic mass is 9.88. The zero-order valence-electron chi connectivity index (χ0n) is 14.7. The minimum absolute atomic E-state index is 0.137. The lowest BCUT2D eigenvalue weighted by Crippen LogP contribution is -2.58. The van der Waals surface area contributed by atoms with Crippen molar-refractivity contribution in [2.24, 2.45) is 0 Å². The molecule has 0 saturated carbocycles. The van der Waals surface area contributed by atoms with Crippen molar-refractivity contribution in [2.45, 2.75) is 50.4 Å². The quantitative estimate of drug-likeness (QED) is 0.687. The van der Waals surface area contributed by atoms with Gasteiger partial charge in [0.15, 0.2) is 11.8 Å². The molecular weight excluding hydrogens is 370 g/mol. The topological polar surface area (TPSA) is 107 Å². The number of carbonyl (C=O) groups excluding carboxylic acids is 1. The summed E-state index contributed by atoms with van der Waals surface area (Å²) in [4.78, 5) is 12.7. The number of halogens is 1. The van der Waals surface area contributed by atoms with E-state index in [-0.39, 0.29) is 5.82 Å². The Hall–Kier alpha value is -1.29. The number of hydrogen-bond acceptors (Lipinski definition) is 8. The third-order valence-electron chi connectivity index (χ3n) is 4.34. The van der Waals surface area contributed by atoms with Gasteiger partial charge in [0.2, 0.25) is 0 Å². The number of nitrogens with one attached hydrogen (secondary N) is 1. The van der Waals surface area contributed by atoms with Gasteiger partial charge in [0, 0.05) is 12.3 Å². The number of carbonyl (C=O) groups is 1. The van der Waals surface area contributed by atoms with E-state index in [0.29, 0.717) is 0 Å². The summed E-state index contributed by atoms with van der Waals surface area (Å²) in [6.07, 6.45) is -0.400. The van der Waals surface area contributed by atoms with Crippen molar-refractivity contribution in [1.82, 2.24) is 10.2 Å². The first-order valence-corrected chi connectivity index (χ1v) is 9.53. The zero-order valence-corrected chi connectivity index (χ0v) is 15.6. The molecule has 0 spiro atoms. The van der Waals surface area contributed by atoms with Crippen molar-refractivity contribution in [3.8, 4) is 0 Å². The Morgan fingerprint density at radius 1 is 1.62 bits per heavy atom. The number of hydrogen-bond donors (Lipinski definition) is 2. The lowest BCUT2D eigenvalue weighted by Gasteiger charge is -2.41. The summed E-state index contributed by atoms with van der Waals surface area (Å²) in [6.45, 7) is 6.86. The van der Waals surface area contributed by atoms with Crippen LogP contribution in [0, 0.1) is 0 Å². The van der Waals surface area contributed by atoms with E-state index < -0.39 is 56.6 Å². The molecule has 3 rings (SSSR count). The predicted molar refractivity (Wildman–Crippen MR) is 87.1 cm³/mol. The first-order valence-electron chi connectivity index (χ1n) is 8.07. The van der Waals surface area contributed by atoms with Gasteiger partial charge in [0.05, 0.1) is 12.7 Å². The molecule has 5 atom stereocenters. The second-order valence-electron chi connectivity index (χ2n) is 6.91. The molecule has 0 bridgehead atoms. The maximum absolute atomic E-state index is 13.9. The van der Waals surface area contributed by atoms with Gasteiger partial charge in [-0.3, -0.25) is 18.4 Å². The average molecular weight is 392 g/mol. The molecule has 2 N–H and O–H groups in total. The molecule has 3 heterocycles. The number of phosphoric ester groups is 1. The Kier molecular flexibility index (Phi) is 4.79. The van der Waals surface area contributed by atoms with Crippen LogP contribution in [-0.2, 0) is 27.7 Å². The largest absolute Gasteiger partial charge is 0.475 e. The molecule has 1 unspecified atom stereocenters. The molecule has 0 radical (unpaired) electrons. The molecular formula is C15H22FN2O7P. The molecule has 0 aromatic heterocycles. The monoisotopic (exact) mass is 392 g/mol. The van der Waals surface area contributed by atoms with Crippen molar-refractivity contribution < 1.29 is 37.2 Å². The summed E-state index contributed by atoms with van der Waals surface area (Å²) < 4.78 is 48.2. The SMILES string of the molecule is C=C1NC(=O)C=CN1[C@@H]1O[C@]2(CF)COP(=O)(OC(C)C)O[C@H]2[C@@]1(C)O. The highest BCUT2D eigenvalue weighted by atomic mass is 31.2. The van der Waals surface area contributed by atoms with Gasteiger partial charge < -0.3 is 20.1 Å². The van der Waals surface area contributed by atoms with Gasteiger partial charge in [-0.2, -0.15) is 0 Å². The highest BCUT2D eigenvalue weighted by Gasteiger charge is 2.69. The molecule has 2 saturated heterocycles. The van der Waals surface area contributed by atoms with Crippen LogP contribution >= 0.6 is 7.82 Å². The molecule has 2 fully saturated rings. The van der Waals surface area contributed by atoms with Crippen molar-refractivity contribution in [3.63, 3.8) is 0 Å². The van der Waals surface area contributed by atoms with E-state index in [0.717, 1.165) is 0 Å². The molecule has 3 aliphatic heterocycles. The molecule has 26 heavy (non-hydrogen) atoms. The van der Waals surface area contributed by atoms with Gasteiger partial charge in [0.1, 0.15) is 24.2 Å². The number of alkyl halides is 1. The Labute approximate surface area is 150 Å². The number of ether oxygens (including phenoxy) is 1. The molecule has 1 amide bonds. The van der Waals surface area contributed by atoms with Crippen LogP contribution < -0.4 is 5.32 Å². The van der Waals surface area contributed by atoms with Gasteiger partial charge in [-0.05, 0) is 20.8 Å². The van der Waals surface area contributed by atoms with Crippen LogP contribution in [0.5, 0.6) is 0 Å². The lowest BCUT2D eigenvalue weighted by molar-refractivity contribution is -0.161. The van der Waals surface area contributed by atoms with Crippen molar-refractivity contribution in [1.29, 1.82) is 0 Å². The van der Waals surface area contributed by atoms with Crippen LogP contribution in [0.15, 0.2) is 24.7 Å². The molecule has 146 valence electrons. The third-order valence-corrected chi connectivity index (χ3v) is 5.94. The van der Waals surface area contributed by atoms with Crippen molar-refractivity contribution in [2.75, 3.05) is 13.3 Å². The standard InChI is InChI=1S/C15H22FN2O7P/c1-9(2)24-26(21)22-8-15(7-16)12(25-26)14(4,20)13(23-15)18-6-5-11(19)17-10(18)3/h5-6,9,12-13,20H,3,7-8H2,1-2,4H3,(H,17,19)/t12-,13+,14+,15+,26?/m0/s1. The number of phosphoric acid groups is 1. The molecule has 0 aliphatic carbocycles. The summed E-state index contributed by atoms with van der Waals surface area (Å²) in [5, 5.41) is 13.5. The van der Waals surface area contributed by atoms with E-state index in [1.54, 1.807) is 13.8 Å². The molecule has 11 heteroatoms. The smallest absolute Gasteiger partial charge is 0.383 e. The number of fused-ring (bicyclic) bond motifs is 1.